The van der Waals surface area contributed by atoms with Gasteiger partial charge in [-0.2, -0.15) is 0 Å². The van der Waals surface area contributed by atoms with E-state index < -0.39 is 0 Å². The first kappa shape index (κ1) is 16.0. The maximum Gasteiger partial charge on any atom is 0.129 e. The molecule has 0 aliphatic heterocycles. The molecule has 0 spiro atoms. The Morgan fingerprint density at radius 2 is 1.88 bits per heavy atom. The number of aromatic nitrogens is 4. The Balaban J connectivity index is 2.03. The number of rotatable bonds is 3. The summed E-state index contributed by atoms with van der Waals surface area (Å²) in [5, 5.41) is 2.60. The van der Waals surface area contributed by atoms with Gasteiger partial charge in [-0.15, -0.1) is 0 Å². The first-order chi connectivity index (χ1) is 12.1. The number of aryl methyl sites for hydroxylation is 3. The summed E-state index contributed by atoms with van der Waals surface area (Å²) >= 11 is 6.12. The summed E-state index contributed by atoms with van der Waals surface area (Å²) in [6.07, 6.45) is 7.73. The fourth-order valence-electron chi connectivity index (χ4n) is 3.42. The van der Waals surface area contributed by atoms with E-state index in [1.807, 2.05) is 36.4 Å². The van der Waals surface area contributed by atoms with E-state index in [-0.39, 0.29) is 0 Å². The van der Waals surface area contributed by atoms with E-state index in [9.17, 15) is 0 Å². The van der Waals surface area contributed by atoms with Crippen LogP contribution in [0.3, 0.4) is 0 Å². The Morgan fingerprint density at radius 3 is 2.64 bits per heavy atom. The van der Waals surface area contributed by atoms with Gasteiger partial charge in [0.2, 0.25) is 0 Å². The first-order valence-corrected chi connectivity index (χ1v) is 8.81. The van der Waals surface area contributed by atoms with Gasteiger partial charge < -0.3 is 4.57 Å². The molecule has 0 amide bonds. The Kier molecular flexibility index (Phi) is 3.92. The van der Waals surface area contributed by atoms with Gasteiger partial charge in [-0.3, -0.25) is 4.98 Å². The molecular formula is C20H19ClN4. The largest absolute Gasteiger partial charge is 0.333 e. The summed E-state index contributed by atoms with van der Waals surface area (Å²) in [6.45, 7) is 4.30. The van der Waals surface area contributed by atoms with E-state index in [2.05, 4.69) is 40.9 Å². The van der Waals surface area contributed by atoms with Crippen LogP contribution in [0.1, 0.15) is 24.6 Å². The molecule has 0 aliphatic carbocycles. The Morgan fingerprint density at radius 1 is 1.04 bits per heavy atom. The minimum atomic E-state index is 0.490. The zero-order valence-corrected chi connectivity index (χ0v) is 15.3. The number of pyridine rings is 2. The highest BCUT2D eigenvalue weighted by Gasteiger charge is 2.15. The maximum absolute atomic E-state index is 6.12. The van der Waals surface area contributed by atoms with Gasteiger partial charge in [0.25, 0.3) is 0 Å². The van der Waals surface area contributed by atoms with Crippen molar-refractivity contribution in [3.8, 4) is 11.1 Å². The highest BCUT2D eigenvalue weighted by Crippen LogP contribution is 2.35. The smallest absolute Gasteiger partial charge is 0.129 e. The van der Waals surface area contributed by atoms with Gasteiger partial charge in [-0.25, -0.2) is 9.97 Å². The molecule has 3 aromatic heterocycles. The van der Waals surface area contributed by atoms with Crippen LogP contribution < -0.4 is 0 Å². The third-order valence-corrected chi connectivity index (χ3v) is 4.82. The van der Waals surface area contributed by atoms with Crippen LogP contribution in [0.4, 0.5) is 0 Å². The number of hydrogen-bond donors (Lipinski definition) is 0. The summed E-state index contributed by atoms with van der Waals surface area (Å²) in [6, 6.07) is 6.22. The summed E-state index contributed by atoms with van der Waals surface area (Å²) in [5.41, 5.74) is 6.57. The zero-order chi connectivity index (χ0) is 17.6. The van der Waals surface area contributed by atoms with Gasteiger partial charge in [0.1, 0.15) is 5.15 Å². The molecule has 0 bridgehead atoms. The topological polar surface area (TPSA) is 43.6 Å². The summed E-state index contributed by atoms with van der Waals surface area (Å²) < 4.78 is 2.03. The van der Waals surface area contributed by atoms with Crippen molar-refractivity contribution in [2.24, 2.45) is 7.05 Å². The minimum Gasteiger partial charge on any atom is -0.333 e. The lowest BCUT2D eigenvalue weighted by Crippen LogP contribution is -1.95. The van der Waals surface area contributed by atoms with Crippen LogP contribution in [-0.2, 0) is 13.5 Å². The molecule has 0 fully saturated rings. The van der Waals surface area contributed by atoms with Gasteiger partial charge in [0.15, 0.2) is 0 Å². The number of nitrogens with zero attached hydrogens (tertiary/aromatic N) is 4. The third-order valence-electron chi connectivity index (χ3n) is 4.61. The lowest BCUT2D eigenvalue weighted by molar-refractivity contribution is 0.881. The number of hydrogen-bond acceptors (Lipinski definition) is 3. The number of benzene rings is 1. The zero-order valence-electron chi connectivity index (χ0n) is 14.5. The molecule has 1 aromatic carbocycles. The predicted octanol–water partition coefficient (Wildman–Crippen LogP) is 5.10. The Bertz CT molecular complexity index is 1100. The van der Waals surface area contributed by atoms with E-state index in [4.69, 9.17) is 11.6 Å². The van der Waals surface area contributed by atoms with E-state index in [0.717, 1.165) is 51.5 Å². The molecule has 0 aliphatic rings. The molecule has 0 saturated carbocycles. The molecule has 4 nitrogen and oxygen atoms in total. The Labute approximate surface area is 151 Å². The minimum absolute atomic E-state index is 0.490. The van der Waals surface area contributed by atoms with Gasteiger partial charge in [0.05, 0.1) is 17.4 Å². The molecule has 0 atom stereocenters. The highest BCUT2D eigenvalue weighted by molar-refractivity contribution is 6.30. The second kappa shape index (κ2) is 6.12. The van der Waals surface area contributed by atoms with Crippen molar-refractivity contribution in [2.45, 2.75) is 26.7 Å². The highest BCUT2D eigenvalue weighted by atomic mass is 35.5. The van der Waals surface area contributed by atoms with Gasteiger partial charge in [-0.1, -0.05) is 24.9 Å². The van der Waals surface area contributed by atoms with Crippen LogP contribution >= 0.6 is 11.6 Å². The summed E-state index contributed by atoms with van der Waals surface area (Å²) in [7, 11) is 2.00. The first-order valence-electron chi connectivity index (χ1n) is 8.43. The molecule has 0 saturated heterocycles. The van der Waals surface area contributed by atoms with Crippen LogP contribution in [0, 0.1) is 6.92 Å². The van der Waals surface area contributed by atoms with Crippen molar-refractivity contribution in [3.63, 3.8) is 0 Å². The van der Waals surface area contributed by atoms with Crippen molar-refractivity contribution in [1.29, 1.82) is 0 Å². The van der Waals surface area contributed by atoms with Crippen molar-refractivity contribution in [2.75, 3.05) is 0 Å². The predicted molar refractivity (Wildman–Crippen MR) is 103 cm³/mol. The quantitative estimate of drug-likeness (QED) is 0.483. The molecule has 3 heterocycles. The maximum atomic E-state index is 6.12. The fourth-order valence-corrected chi connectivity index (χ4v) is 3.58. The molecule has 0 N–H and O–H groups in total. The van der Waals surface area contributed by atoms with Gasteiger partial charge in [0, 0.05) is 47.0 Å². The number of fused-ring (bicyclic) bond motifs is 3. The second-order valence-electron chi connectivity index (χ2n) is 6.45. The molecule has 25 heavy (non-hydrogen) atoms. The monoisotopic (exact) mass is 350 g/mol. The average molecular weight is 351 g/mol. The van der Waals surface area contributed by atoms with Crippen LogP contribution in [0.2, 0.25) is 5.15 Å². The van der Waals surface area contributed by atoms with Crippen LogP contribution in [-0.4, -0.2) is 19.5 Å². The van der Waals surface area contributed by atoms with Crippen molar-refractivity contribution >= 4 is 33.4 Å². The van der Waals surface area contributed by atoms with Crippen LogP contribution in [0.5, 0.6) is 0 Å². The Hall–Kier alpha value is -2.46. The van der Waals surface area contributed by atoms with E-state index in [1.54, 1.807) is 0 Å². The lowest BCUT2D eigenvalue weighted by atomic mass is 9.97. The van der Waals surface area contributed by atoms with Gasteiger partial charge >= 0.3 is 0 Å². The van der Waals surface area contributed by atoms with Crippen LogP contribution in [0.15, 0.2) is 36.9 Å². The molecule has 0 unspecified atom stereocenters. The van der Waals surface area contributed by atoms with E-state index in [1.165, 1.54) is 5.56 Å². The standard InChI is InChI=1S/C20H19ClN4/c1-4-5-14-6-12(2)17(10-22-14)16-7-13-9-23-18(21)8-15(13)20-19(16)24-11-25(20)3/h6-11H,4-5H2,1-3H3. The van der Waals surface area contributed by atoms with Crippen molar-refractivity contribution in [1.82, 2.24) is 19.5 Å². The van der Waals surface area contributed by atoms with E-state index >= 15 is 0 Å². The normalized spacial score (nSPS) is 11.5. The van der Waals surface area contributed by atoms with E-state index in [0.29, 0.717) is 5.15 Å². The number of halogens is 1. The third kappa shape index (κ3) is 2.67. The van der Waals surface area contributed by atoms with Crippen molar-refractivity contribution < 1.29 is 0 Å². The molecule has 4 rings (SSSR count). The molecule has 126 valence electrons. The molecule has 5 heteroatoms. The second-order valence-corrected chi connectivity index (χ2v) is 6.83. The van der Waals surface area contributed by atoms with Crippen molar-refractivity contribution in [3.05, 3.63) is 53.3 Å². The number of imidazole rings is 1. The summed E-state index contributed by atoms with van der Waals surface area (Å²) in [4.78, 5) is 13.5. The lowest BCUT2D eigenvalue weighted by Gasteiger charge is -2.11. The SMILES string of the molecule is CCCc1cc(C)c(-c2cc3cnc(Cl)cc3c3c2ncn3C)cn1. The summed E-state index contributed by atoms with van der Waals surface area (Å²) in [5.74, 6) is 0. The molecular weight excluding hydrogens is 332 g/mol. The molecule has 4 aromatic rings. The van der Waals surface area contributed by atoms with Gasteiger partial charge in [-0.05, 0) is 37.1 Å². The fraction of sp³-hybridized carbons (Fsp3) is 0.250. The average Bonchev–Trinajstić information content (AvgIpc) is 2.97. The molecule has 0 radical (unpaired) electrons. The van der Waals surface area contributed by atoms with Crippen LogP contribution in [0.25, 0.3) is 32.9 Å².